The number of fused-ring (bicyclic) bond motifs is 2. The third-order valence-electron chi connectivity index (χ3n) is 15.0. The van der Waals surface area contributed by atoms with Crippen LogP contribution >= 0.6 is 0 Å². The van der Waals surface area contributed by atoms with Crippen LogP contribution in [-0.4, -0.2) is 94.7 Å². The zero-order valence-electron chi connectivity index (χ0n) is 49.5. The van der Waals surface area contributed by atoms with E-state index >= 15 is 0 Å². The van der Waals surface area contributed by atoms with Crippen LogP contribution in [0.25, 0.3) is 0 Å². The molecule has 2 aliphatic carbocycles. The first-order valence-electron chi connectivity index (χ1n) is 28.0. The van der Waals surface area contributed by atoms with E-state index in [1.165, 1.54) is 43.8 Å². The van der Waals surface area contributed by atoms with Gasteiger partial charge in [-0.05, 0) is 157 Å². The van der Waals surface area contributed by atoms with Crippen molar-refractivity contribution in [1.82, 2.24) is 56.5 Å². The summed E-state index contributed by atoms with van der Waals surface area (Å²) in [4.78, 5) is 120. The molecule has 0 unspecified atom stereocenters. The lowest BCUT2D eigenvalue weighted by Crippen LogP contribution is -2.29. The molecule has 0 bridgehead atoms. The van der Waals surface area contributed by atoms with Gasteiger partial charge in [0.1, 0.15) is 64.9 Å². The van der Waals surface area contributed by atoms with Gasteiger partial charge in [0.25, 0.3) is 29.5 Å². The summed E-state index contributed by atoms with van der Waals surface area (Å²) < 4.78 is 44.8. The quantitative estimate of drug-likeness (QED) is 0.0448. The molecule has 90 heavy (non-hydrogen) atoms. The van der Waals surface area contributed by atoms with E-state index in [-0.39, 0.29) is 94.9 Å². The molecule has 5 aromatic carbocycles. The molecule has 0 fully saturated rings. The number of carboxylic acids is 2. The molecular weight excluding hydrogens is 1170 g/mol. The van der Waals surface area contributed by atoms with Gasteiger partial charge in [-0.1, -0.05) is 48.5 Å². The number of nitrogens with one attached hydrogen (secondary N) is 5. The molecule has 5 amide bonds. The number of carbonyl (C=O) groups excluding carboxylic acids is 6. The normalized spacial score (nSPS) is 13.3. The third kappa shape index (κ3) is 15.9. The van der Waals surface area contributed by atoms with Gasteiger partial charge in [-0.25, -0.2) is 57.5 Å². The molecule has 0 spiro atoms. The van der Waals surface area contributed by atoms with Crippen molar-refractivity contribution in [3.05, 3.63) is 246 Å². The van der Waals surface area contributed by atoms with E-state index in [4.69, 9.17) is 9.84 Å². The predicted octanol–water partition coefficient (Wildman–Crippen LogP) is 8.20. The topological polar surface area (TPSA) is 324 Å². The molecule has 25 heteroatoms. The number of aromatic carboxylic acids is 2. The fraction of sp³-hybridized carbons (Fsp3) is 0.231. The van der Waals surface area contributed by atoms with Crippen molar-refractivity contribution in [2.24, 2.45) is 0 Å². The highest BCUT2D eigenvalue weighted by Crippen LogP contribution is 2.36. The maximum atomic E-state index is 13.4. The largest absolute Gasteiger partial charge is 0.478 e. The fourth-order valence-electron chi connectivity index (χ4n) is 10.2. The van der Waals surface area contributed by atoms with E-state index in [2.05, 4.69) is 56.5 Å². The lowest BCUT2D eigenvalue weighted by atomic mass is 9.98. The van der Waals surface area contributed by atoms with Crippen molar-refractivity contribution in [2.75, 3.05) is 7.11 Å². The van der Waals surface area contributed by atoms with E-state index in [0.29, 0.717) is 47.1 Å². The molecule has 8 aromatic rings. The first kappa shape index (κ1) is 64.9. The first-order valence-corrected chi connectivity index (χ1v) is 28.0. The Morgan fingerprint density at radius 2 is 0.778 bits per heavy atom. The average Bonchev–Trinajstić information content (AvgIpc) is 1.69. The van der Waals surface area contributed by atoms with Gasteiger partial charge in [0.15, 0.2) is 5.69 Å². The summed E-state index contributed by atoms with van der Waals surface area (Å²) in [6, 6.07) is 23.7. The van der Waals surface area contributed by atoms with E-state index in [0.717, 1.165) is 69.6 Å². The molecule has 0 saturated heterocycles. The number of hydrogen-bond donors (Lipinski definition) is 7. The molecule has 0 aliphatic heterocycles. The van der Waals surface area contributed by atoms with Crippen molar-refractivity contribution in [3.8, 4) is 0 Å². The number of aryl methyl sites for hydroxylation is 3. The highest BCUT2D eigenvalue weighted by atomic mass is 19.1. The number of amides is 5. The van der Waals surface area contributed by atoms with Crippen molar-refractivity contribution in [2.45, 2.75) is 92.0 Å². The van der Waals surface area contributed by atoms with Crippen molar-refractivity contribution in [3.63, 3.8) is 0 Å². The zero-order valence-corrected chi connectivity index (χ0v) is 49.5. The number of nitrogens with zero attached hydrogens (tertiary/aromatic N) is 6. The van der Waals surface area contributed by atoms with Gasteiger partial charge in [-0.3, -0.25) is 24.0 Å². The van der Waals surface area contributed by atoms with Gasteiger partial charge in [-0.15, -0.1) is 0 Å². The van der Waals surface area contributed by atoms with Crippen molar-refractivity contribution < 1.29 is 66.5 Å². The van der Waals surface area contributed by atoms with Crippen LogP contribution in [0.15, 0.2) is 116 Å². The second-order valence-corrected chi connectivity index (χ2v) is 21.0. The van der Waals surface area contributed by atoms with Gasteiger partial charge < -0.3 is 41.5 Å². The molecule has 7 N–H and O–H groups in total. The Hall–Kier alpha value is -11.1. The molecule has 462 valence electrons. The predicted molar refractivity (Wildman–Crippen MR) is 318 cm³/mol. The van der Waals surface area contributed by atoms with Gasteiger partial charge in [0.2, 0.25) is 0 Å². The zero-order chi connectivity index (χ0) is 64.9. The average molecular weight is 1230 g/mol. The molecule has 0 saturated carbocycles. The summed E-state index contributed by atoms with van der Waals surface area (Å²) in [6.45, 7) is 9.13. The molecule has 22 nitrogen and oxygen atoms in total. The summed E-state index contributed by atoms with van der Waals surface area (Å²) in [5, 5.41) is 32.0. The number of carboxylic acid groups (broad SMARTS) is 2. The minimum Gasteiger partial charge on any atom is -0.478 e. The SMILES string of the molecule is COC(=O)c1ccc2c(c1C)CC[C@@H]2NC(=O)c1cc(C(=O)NCc2ccc(F)c(C)c2)ncn1.Cc1cc(CNC(=O)c2cc(C(=O)N[C@H]3CCc4c3ccc(C(=O)O)c4C)ncn2)ccc1F.Cc1cc(CNC(=O)c2cc(C(=O)O)ncn2)ccc1F. The number of hydrogen-bond acceptors (Lipinski definition) is 15. The van der Waals surface area contributed by atoms with E-state index < -0.39 is 41.5 Å². The smallest absolute Gasteiger partial charge is 0.354 e. The summed E-state index contributed by atoms with van der Waals surface area (Å²) in [5.74, 6) is -5.91. The van der Waals surface area contributed by atoms with Crippen LogP contribution in [0.3, 0.4) is 0 Å². The van der Waals surface area contributed by atoms with Crippen molar-refractivity contribution in [1.29, 1.82) is 0 Å². The Morgan fingerprint density at radius 1 is 0.444 bits per heavy atom. The maximum Gasteiger partial charge on any atom is 0.354 e. The second kappa shape index (κ2) is 29.1. The van der Waals surface area contributed by atoms with Crippen molar-refractivity contribution >= 4 is 47.4 Å². The molecule has 3 heterocycles. The van der Waals surface area contributed by atoms with Crippen LogP contribution in [0, 0.1) is 52.1 Å². The minimum atomic E-state index is -1.24. The van der Waals surface area contributed by atoms with Crippen LogP contribution in [-0.2, 0) is 37.2 Å². The van der Waals surface area contributed by atoms with E-state index in [9.17, 15) is 56.6 Å². The molecule has 10 rings (SSSR count). The number of halogens is 3. The second-order valence-electron chi connectivity index (χ2n) is 21.0. The van der Waals surface area contributed by atoms with Crippen LogP contribution in [0.1, 0.15) is 175 Å². The molecule has 0 radical (unpaired) electrons. The fourth-order valence-corrected chi connectivity index (χ4v) is 10.2. The van der Waals surface area contributed by atoms with Gasteiger partial charge in [0, 0.05) is 37.8 Å². The van der Waals surface area contributed by atoms with Gasteiger partial charge >= 0.3 is 17.9 Å². The van der Waals surface area contributed by atoms with E-state index in [1.54, 1.807) is 82.3 Å². The summed E-state index contributed by atoms with van der Waals surface area (Å²) in [7, 11) is 1.35. The Labute approximate surface area is 513 Å². The van der Waals surface area contributed by atoms with Crippen LogP contribution in [0.5, 0.6) is 0 Å². The molecule has 2 atom stereocenters. The third-order valence-corrected chi connectivity index (χ3v) is 15.0. The summed E-state index contributed by atoms with van der Waals surface area (Å²) in [6.07, 6.45) is 6.03. The summed E-state index contributed by atoms with van der Waals surface area (Å²) in [5.41, 5.74) is 9.69. The van der Waals surface area contributed by atoms with Crippen LogP contribution in [0.4, 0.5) is 13.2 Å². The Kier molecular flexibility index (Phi) is 20.9. The maximum absolute atomic E-state index is 13.4. The van der Waals surface area contributed by atoms with Gasteiger partial charge in [-0.2, -0.15) is 0 Å². The molecule has 2 aliphatic rings. The lowest BCUT2D eigenvalue weighted by molar-refractivity contribution is 0.0597. The van der Waals surface area contributed by atoms with E-state index in [1.807, 2.05) is 13.0 Å². The summed E-state index contributed by atoms with van der Waals surface area (Å²) >= 11 is 0. The molecule has 3 aromatic heterocycles. The van der Waals surface area contributed by atoms with Gasteiger partial charge in [0.05, 0.1) is 30.3 Å². The standard InChI is InChI=1S/C26H25FN4O4.C25H23FN4O4.C14H12FN3O3/c1-14-10-16(4-8-20(14)27)12-28-24(32)22-11-23(30-13-29-22)25(33)31-21-9-7-17-15(2)18(26(34)35-3)5-6-19(17)21;1-13-9-15(3-7-19(13)26)11-27-23(31)21-10-22(29-12-28-21)24(32)30-20-8-6-16-14(2)17(25(33)34)4-5-18(16)20;1-8-4-9(2-3-10(8)15)6-16-13(19)11-5-12(14(20)21)18-7-17-11/h4-6,8,10-11,13,21H,7,9,12H2,1-3H3,(H,28,32)(H,31,33);3-5,7,9-10,12,20H,6,8,11H2,1-2H3,(H,27,31)(H,30,32)(H,33,34);2-5,7H,6H2,1H3,(H,16,19)(H,20,21)/t21-;20-;/m00./s1. The number of methoxy groups -OCH3 is 1. The number of ether oxygens (including phenoxy) is 1. The number of aromatic nitrogens is 6. The Balaban J connectivity index is 0.000000180. The monoisotopic (exact) mass is 1230 g/mol. The van der Waals surface area contributed by atoms with Crippen LogP contribution in [0.2, 0.25) is 0 Å². The molecular formula is C65H60F3N11O11. The number of benzene rings is 5. The number of carbonyl (C=O) groups is 8. The highest BCUT2D eigenvalue weighted by Gasteiger charge is 2.30. The lowest BCUT2D eigenvalue weighted by Gasteiger charge is -2.15. The number of rotatable bonds is 16. The Bertz CT molecular complexity index is 4150. The van der Waals surface area contributed by atoms with Crippen LogP contribution < -0.4 is 26.6 Å². The first-order chi connectivity index (χ1) is 43.0. The Morgan fingerprint density at radius 3 is 1.12 bits per heavy atom. The minimum absolute atomic E-state index is 0.0350. The number of esters is 1. The highest BCUT2D eigenvalue weighted by molar-refractivity contribution is 5.99.